The van der Waals surface area contributed by atoms with Crippen LogP contribution in [0.3, 0.4) is 0 Å². The Morgan fingerprint density at radius 1 is 1.21 bits per heavy atom. The topological polar surface area (TPSA) is 145 Å². The van der Waals surface area contributed by atoms with Crippen LogP contribution in [-0.2, 0) is 27.9 Å². The van der Waals surface area contributed by atoms with Crippen LogP contribution < -0.4 is 5.14 Å². The molecule has 0 fully saturated rings. The third-order valence-electron chi connectivity index (χ3n) is 4.40. The maximum Gasteiger partial charge on any atom is 0.342 e. The molecule has 0 atom stereocenters. The second kappa shape index (κ2) is 8.10. The summed E-state index contributed by atoms with van der Waals surface area (Å²) in [5.41, 5.74) is 1.03. The van der Waals surface area contributed by atoms with Gasteiger partial charge in [-0.05, 0) is 36.8 Å². The number of rotatable bonds is 7. The number of carbonyl (C=O) groups excluding carboxylic acids is 1. The van der Waals surface area contributed by atoms with Crippen molar-refractivity contribution >= 4 is 27.0 Å². The van der Waals surface area contributed by atoms with Gasteiger partial charge in [0.25, 0.3) is 0 Å². The molecule has 10 heteroatoms. The number of nitrogens with zero attached hydrogens (tertiary/aromatic N) is 2. The molecule has 1 heterocycles. The number of imidazole rings is 1. The number of hydrogen-bond donors (Lipinski definition) is 3. The van der Waals surface area contributed by atoms with Gasteiger partial charge in [-0.2, -0.15) is 0 Å². The molecule has 4 N–H and O–H groups in total. The quantitative estimate of drug-likeness (QED) is 0.498. The molecule has 0 aliphatic rings. The SMILES string of the molecule is CCCCn1c(COC(=O)c2ccc(O)cc2O)nc2cc(S(N)(=O)=O)ccc21. The van der Waals surface area contributed by atoms with Crippen molar-refractivity contribution in [2.75, 3.05) is 0 Å². The number of primary sulfonamides is 1. The Bertz CT molecular complexity index is 1170. The molecule has 1 aromatic heterocycles. The second-order valence-corrected chi connectivity index (χ2v) is 8.07. The van der Waals surface area contributed by atoms with Crippen molar-refractivity contribution in [1.82, 2.24) is 9.55 Å². The van der Waals surface area contributed by atoms with Gasteiger partial charge in [-0.3, -0.25) is 0 Å². The van der Waals surface area contributed by atoms with Crippen molar-refractivity contribution in [2.45, 2.75) is 37.8 Å². The van der Waals surface area contributed by atoms with Crippen LogP contribution in [-0.4, -0.2) is 34.2 Å². The van der Waals surface area contributed by atoms with Crippen LogP contribution in [0.25, 0.3) is 11.0 Å². The standard InChI is InChI=1S/C19H21N3O6S/c1-2-3-8-22-16-7-5-13(29(20,26)27)10-15(16)21-18(22)11-28-19(25)14-6-4-12(23)9-17(14)24/h4-7,9-10,23-24H,2-3,8,11H2,1H3,(H2,20,26,27). The fourth-order valence-corrected chi connectivity index (χ4v) is 3.45. The molecule has 3 rings (SSSR count). The van der Waals surface area contributed by atoms with Gasteiger partial charge in [0.15, 0.2) is 0 Å². The highest BCUT2D eigenvalue weighted by Crippen LogP contribution is 2.25. The van der Waals surface area contributed by atoms with Crippen LogP contribution in [0.5, 0.6) is 11.5 Å². The first kappa shape index (κ1) is 20.6. The number of phenols is 2. The van der Waals surface area contributed by atoms with E-state index in [1.807, 2.05) is 11.5 Å². The number of aryl methyl sites for hydroxylation is 1. The molecule has 0 bridgehead atoms. The number of ether oxygens (including phenoxy) is 1. The van der Waals surface area contributed by atoms with E-state index in [0.717, 1.165) is 18.9 Å². The highest BCUT2D eigenvalue weighted by atomic mass is 32.2. The maximum atomic E-state index is 12.3. The van der Waals surface area contributed by atoms with E-state index in [-0.39, 0.29) is 22.8 Å². The van der Waals surface area contributed by atoms with Crippen LogP contribution in [0.4, 0.5) is 0 Å². The van der Waals surface area contributed by atoms with Crippen molar-refractivity contribution in [1.29, 1.82) is 0 Å². The summed E-state index contributed by atoms with van der Waals surface area (Å²) in [5.74, 6) is -0.910. The molecule has 0 aliphatic carbocycles. The number of hydrogen-bond acceptors (Lipinski definition) is 7. The van der Waals surface area contributed by atoms with Crippen LogP contribution in [0.2, 0.25) is 0 Å². The highest BCUT2D eigenvalue weighted by molar-refractivity contribution is 7.89. The number of unbranched alkanes of at least 4 members (excludes halogenated alkanes) is 1. The summed E-state index contributed by atoms with van der Waals surface area (Å²) in [6.45, 7) is 2.47. The zero-order valence-corrected chi connectivity index (χ0v) is 16.5. The molecule has 2 aromatic carbocycles. The molecular formula is C19H21N3O6S. The van der Waals surface area contributed by atoms with Crippen LogP contribution >= 0.6 is 0 Å². The van der Waals surface area contributed by atoms with E-state index in [4.69, 9.17) is 9.88 Å². The number of aromatic nitrogens is 2. The third-order valence-corrected chi connectivity index (χ3v) is 5.31. The Kier molecular flexibility index (Phi) is 5.76. The first-order valence-corrected chi connectivity index (χ1v) is 10.5. The van der Waals surface area contributed by atoms with Gasteiger partial charge in [0.2, 0.25) is 10.0 Å². The number of sulfonamides is 1. The summed E-state index contributed by atoms with van der Waals surface area (Å²) >= 11 is 0. The normalized spacial score (nSPS) is 11.7. The van der Waals surface area contributed by atoms with E-state index >= 15 is 0 Å². The first-order valence-electron chi connectivity index (χ1n) is 8.91. The van der Waals surface area contributed by atoms with Crippen LogP contribution in [0, 0.1) is 0 Å². The molecular weight excluding hydrogens is 398 g/mol. The first-order chi connectivity index (χ1) is 13.7. The van der Waals surface area contributed by atoms with Gasteiger partial charge in [0.05, 0.1) is 15.9 Å². The molecule has 0 unspecified atom stereocenters. The number of nitrogens with two attached hydrogens (primary N) is 1. The maximum absolute atomic E-state index is 12.3. The zero-order chi connectivity index (χ0) is 21.2. The Morgan fingerprint density at radius 2 is 1.97 bits per heavy atom. The van der Waals surface area contributed by atoms with Crippen LogP contribution in [0.15, 0.2) is 41.3 Å². The fourth-order valence-electron chi connectivity index (χ4n) is 2.91. The summed E-state index contributed by atoms with van der Waals surface area (Å²) in [7, 11) is -3.87. The summed E-state index contributed by atoms with van der Waals surface area (Å²) in [6, 6.07) is 7.97. The van der Waals surface area contributed by atoms with E-state index in [1.165, 1.54) is 24.3 Å². The predicted molar refractivity (Wildman–Crippen MR) is 105 cm³/mol. The van der Waals surface area contributed by atoms with Gasteiger partial charge in [-0.1, -0.05) is 13.3 Å². The lowest BCUT2D eigenvalue weighted by molar-refractivity contribution is 0.0455. The smallest absolute Gasteiger partial charge is 0.342 e. The summed E-state index contributed by atoms with van der Waals surface area (Å²) in [5, 5.41) is 24.3. The molecule has 0 spiro atoms. The number of esters is 1. The Labute approximate surface area is 167 Å². The van der Waals surface area contributed by atoms with E-state index in [9.17, 15) is 23.4 Å². The zero-order valence-electron chi connectivity index (χ0n) is 15.7. The number of carbonyl (C=O) groups is 1. The minimum Gasteiger partial charge on any atom is -0.508 e. The molecule has 0 saturated heterocycles. The number of fused-ring (bicyclic) bond motifs is 1. The van der Waals surface area contributed by atoms with Gasteiger partial charge >= 0.3 is 5.97 Å². The van der Waals surface area contributed by atoms with Crippen molar-refractivity contribution < 1.29 is 28.2 Å². The Morgan fingerprint density at radius 3 is 2.62 bits per heavy atom. The molecule has 9 nitrogen and oxygen atoms in total. The van der Waals surface area contributed by atoms with E-state index in [1.54, 1.807) is 6.07 Å². The highest BCUT2D eigenvalue weighted by Gasteiger charge is 2.18. The lowest BCUT2D eigenvalue weighted by Crippen LogP contribution is -2.12. The van der Waals surface area contributed by atoms with E-state index in [2.05, 4.69) is 4.98 Å². The van der Waals surface area contributed by atoms with Gasteiger partial charge < -0.3 is 19.5 Å². The van der Waals surface area contributed by atoms with Crippen molar-refractivity contribution in [3.8, 4) is 11.5 Å². The average molecular weight is 419 g/mol. The van der Waals surface area contributed by atoms with Gasteiger partial charge in [0, 0.05) is 12.6 Å². The Balaban J connectivity index is 1.91. The monoisotopic (exact) mass is 419 g/mol. The number of phenolic OH excluding ortho intramolecular Hbond substituents is 2. The molecule has 0 radical (unpaired) electrons. The van der Waals surface area contributed by atoms with Gasteiger partial charge in [-0.15, -0.1) is 0 Å². The molecule has 29 heavy (non-hydrogen) atoms. The second-order valence-electron chi connectivity index (χ2n) is 6.51. The summed E-state index contributed by atoms with van der Waals surface area (Å²) < 4.78 is 30.3. The van der Waals surface area contributed by atoms with Gasteiger partial charge in [0.1, 0.15) is 29.5 Å². The molecule has 0 saturated carbocycles. The molecule has 3 aromatic rings. The van der Waals surface area contributed by atoms with Crippen molar-refractivity contribution in [3.05, 3.63) is 47.8 Å². The summed E-state index contributed by atoms with van der Waals surface area (Å²) in [4.78, 5) is 16.6. The fraction of sp³-hybridized carbons (Fsp3) is 0.263. The summed E-state index contributed by atoms with van der Waals surface area (Å²) in [6.07, 6.45) is 1.78. The van der Waals surface area contributed by atoms with E-state index < -0.39 is 21.7 Å². The van der Waals surface area contributed by atoms with E-state index in [0.29, 0.717) is 23.4 Å². The average Bonchev–Trinajstić information content (AvgIpc) is 3.00. The number of benzene rings is 2. The number of aromatic hydroxyl groups is 2. The minimum atomic E-state index is -3.87. The predicted octanol–water partition coefficient (Wildman–Crippen LogP) is 2.25. The largest absolute Gasteiger partial charge is 0.508 e. The van der Waals surface area contributed by atoms with Crippen molar-refractivity contribution in [2.24, 2.45) is 5.14 Å². The molecule has 0 amide bonds. The Hall–Kier alpha value is -3.11. The minimum absolute atomic E-state index is 0.0531. The lowest BCUT2D eigenvalue weighted by Gasteiger charge is -2.10. The van der Waals surface area contributed by atoms with Crippen molar-refractivity contribution in [3.63, 3.8) is 0 Å². The molecule has 154 valence electrons. The third kappa shape index (κ3) is 4.49. The van der Waals surface area contributed by atoms with Gasteiger partial charge in [-0.25, -0.2) is 23.3 Å². The lowest BCUT2D eigenvalue weighted by atomic mass is 10.2. The molecule has 0 aliphatic heterocycles. The van der Waals surface area contributed by atoms with Crippen LogP contribution in [0.1, 0.15) is 35.9 Å².